The summed E-state index contributed by atoms with van der Waals surface area (Å²) in [6, 6.07) is 4.75. The molecule has 2 saturated heterocycles. The van der Waals surface area contributed by atoms with Gasteiger partial charge in [0.05, 0.1) is 9.88 Å². The fraction of sp³-hybridized carbons (Fsp3) is 0.615. The van der Waals surface area contributed by atoms with Gasteiger partial charge < -0.3 is 4.90 Å². The molecule has 0 amide bonds. The number of carbonyl (C=O) groups is 1. The number of rotatable bonds is 3. The van der Waals surface area contributed by atoms with Crippen molar-refractivity contribution >= 4 is 22.6 Å². The van der Waals surface area contributed by atoms with E-state index in [1.54, 1.807) is 11.3 Å². The van der Waals surface area contributed by atoms with Crippen LogP contribution in [0, 0.1) is 0 Å². The van der Waals surface area contributed by atoms with E-state index >= 15 is 0 Å². The maximum absolute atomic E-state index is 10.7. The third kappa shape index (κ3) is 2.24. The molecule has 17 heavy (non-hydrogen) atoms. The lowest BCUT2D eigenvalue weighted by Crippen LogP contribution is -2.35. The van der Waals surface area contributed by atoms with Crippen LogP contribution in [0.1, 0.15) is 28.9 Å². The molecule has 0 bridgehead atoms. The molecule has 0 saturated carbocycles. The van der Waals surface area contributed by atoms with Crippen molar-refractivity contribution < 1.29 is 4.79 Å². The van der Waals surface area contributed by atoms with Gasteiger partial charge in [0.1, 0.15) is 0 Å². The SMILES string of the molecule is O=Cc1ccc(N2CCC(N3CCCC3)C2)s1. The Bertz CT molecular complexity index is 398. The number of hydrogen-bond acceptors (Lipinski definition) is 4. The smallest absolute Gasteiger partial charge is 0.160 e. The first-order valence-corrected chi connectivity index (χ1v) is 7.22. The molecule has 0 aliphatic carbocycles. The Morgan fingerprint density at radius 1 is 1.24 bits per heavy atom. The summed E-state index contributed by atoms with van der Waals surface area (Å²) in [4.78, 5) is 16.6. The Morgan fingerprint density at radius 3 is 2.76 bits per heavy atom. The molecular formula is C13H18N2OS. The molecule has 2 aliphatic heterocycles. The van der Waals surface area contributed by atoms with E-state index in [-0.39, 0.29) is 0 Å². The maximum atomic E-state index is 10.7. The van der Waals surface area contributed by atoms with Gasteiger partial charge in [-0.2, -0.15) is 0 Å². The lowest BCUT2D eigenvalue weighted by atomic mass is 10.2. The van der Waals surface area contributed by atoms with Gasteiger partial charge in [-0.3, -0.25) is 9.69 Å². The van der Waals surface area contributed by atoms with Crippen LogP contribution < -0.4 is 4.90 Å². The van der Waals surface area contributed by atoms with Gasteiger partial charge in [0, 0.05) is 19.1 Å². The molecule has 1 aromatic heterocycles. The Morgan fingerprint density at radius 2 is 2.06 bits per heavy atom. The first-order chi connectivity index (χ1) is 8.36. The average Bonchev–Trinajstić information content (AvgIpc) is 3.09. The van der Waals surface area contributed by atoms with E-state index in [9.17, 15) is 4.79 Å². The molecule has 2 fully saturated rings. The van der Waals surface area contributed by atoms with Crippen molar-refractivity contribution in [2.45, 2.75) is 25.3 Å². The second-order valence-electron chi connectivity index (χ2n) is 4.93. The van der Waals surface area contributed by atoms with Gasteiger partial charge in [0.25, 0.3) is 0 Å². The molecular weight excluding hydrogens is 232 g/mol. The predicted molar refractivity (Wildman–Crippen MR) is 71.1 cm³/mol. The standard InChI is InChI=1S/C13H18N2OS/c16-10-12-3-4-13(17-12)15-8-5-11(9-15)14-6-1-2-7-14/h3-4,10-11H,1-2,5-9H2. The van der Waals surface area contributed by atoms with Crippen LogP contribution in [-0.4, -0.2) is 43.4 Å². The molecule has 3 heterocycles. The van der Waals surface area contributed by atoms with Gasteiger partial charge in [-0.05, 0) is 44.5 Å². The molecule has 2 aliphatic rings. The number of aldehydes is 1. The Hall–Kier alpha value is -0.870. The summed E-state index contributed by atoms with van der Waals surface area (Å²) in [6.07, 6.45) is 4.95. The van der Waals surface area contributed by atoms with Crippen LogP contribution in [0.4, 0.5) is 5.00 Å². The summed E-state index contributed by atoms with van der Waals surface area (Å²) >= 11 is 1.61. The summed E-state index contributed by atoms with van der Waals surface area (Å²) in [5.74, 6) is 0. The van der Waals surface area contributed by atoms with Crippen LogP contribution in [0.25, 0.3) is 0 Å². The zero-order valence-electron chi connectivity index (χ0n) is 9.97. The van der Waals surface area contributed by atoms with E-state index in [0.29, 0.717) is 0 Å². The molecule has 0 radical (unpaired) electrons. The molecule has 1 aromatic rings. The van der Waals surface area contributed by atoms with Gasteiger partial charge >= 0.3 is 0 Å². The van der Waals surface area contributed by atoms with Crippen molar-refractivity contribution in [2.75, 3.05) is 31.1 Å². The van der Waals surface area contributed by atoms with Crippen LogP contribution in [0.5, 0.6) is 0 Å². The third-order valence-corrected chi connectivity index (χ3v) is 4.93. The number of anilines is 1. The van der Waals surface area contributed by atoms with Crippen LogP contribution in [0.3, 0.4) is 0 Å². The van der Waals surface area contributed by atoms with Crippen molar-refractivity contribution in [3.05, 3.63) is 17.0 Å². The number of hydrogen-bond donors (Lipinski definition) is 0. The summed E-state index contributed by atoms with van der Waals surface area (Å²) in [6.45, 7) is 4.84. The maximum Gasteiger partial charge on any atom is 0.160 e. The first kappa shape index (κ1) is 11.2. The highest BCUT2D eigenvalue weighted by atomic mass is 32.1. The zero-order chi connectivity index (χ0) is 11.7. The predicted octanol–water partition coefficient (Wildman–Crippen LogP) is 2.24. The lowest BCUT2D eigenvalue weighted by molar-refractivity contribution is 0.112. The number of likely N-dealkylation sites (tertiary alicyclic amines) is 1. The highest BCUT2D eigenvalue weighted by Crippen LogP contribution is 2.30. The van der Waals surface area contributed by atoms with E-state index in [1.165, 1.54) is 37.4 Å². The molecule has 0 N–H and O–H groups in total. The molecule has 4 heteroatoms. The Balaban J connectivity index is 1.64. The van der Waals surface area contributed by atoms with E-state index in [0.717, 1.165) is 30.3 Å². The minimum atomic E-state index is 0.735. The second kappa shape index (κ2) is 4.78. The van der Waals surface area contributed by atoms with Crippen LogP contribution in [0.2, 0.25) is 0 Å². The fourth-order valence-corrected chi connectivity index (χ4v) is 3.78. The van der Waals surface area contributed by atoms with Crippen LogP contribution in [-0.2, 0) is 0 Å². The van der Waals surface area contributed by atoms with E-state index in [4.69, 9.17) is 0 Å². The highest BCUT2D eigenvalue weighted by Gasteiger charge is 2.29. The Labute approximate surface area is 106 Å². The minimum Gasteiger partial charge on any atom is -0.362 e. The van der Waals surface area contributed by atoms with Gasteiger partial charge in [-0.15, -0.1) is 11.3 Å². The first-order valence-electron chi connectivity index (χ1n) is 6.41. The van der Waals surface area contributed by atoms with E-state index in [1.807, 2.05) is 6.07 Å². The van der Waals surface area contributed by atoms with E-state index < -0.39 is 0 Å². The van der Waals surface area contributed by atoms with Crippen LogP contribution >= 0.6 is 11.3 Å². The topological polar surface area (TPSA) is 23.6 Å². The molecule has 0 aromatic carbocycles. The average molecular weight is 250 g/mol. The van der Waals surface area contributed by atoms with E-state index in [2.05, 4.69) is 15.9 Å². The summed E-state index contributed by atoms with van der Waals surface area (Å²) in [5.41, 5.74) is 0. The molecule has 1 unspecified atom stereocenters. The van der Waals surface area contributed by atoms with Gasteiger partial charge in [0.2, 0.25) is 0 Å². The normalized spacial score (nSPS) is 25.6. The third-order valence-electron chi connectivity index (χ3n) is 3.86. The summed E-state index contributed by atoms with van der Waals surface area (Å²) < 4.78 is 0. The van der Waals surface area contributed by atoms with Gasteiger partial charge in [0.15, 0.2) is 6.29 Å². The molecule has 92 valence electrons. The monoisotopic (exact) mass is 250 g/mol. The Kier molecular flexibility index (Phi) is 3.16. The molecule has 3 nitrogen and oxygen atoms in total. The fourth-order valence-electron chi connectivity index (χ4n) is 2.92. The van der Waals surface area contributed by atoms with Crippen molar-refractivity contribution in [2.24, 2.45) is 0 Å². The molecule has 1 atom stereocenters. The summed E-state index contributed by atoms with van der Waals surface area (Å²) in [7, 11) is 0. The van der Waals surface area contributed by atoms with Crippen molar-refractivity contribution in [3.8, 4) is 0 Å². The van der Waals surface area contributed by atoms with Crippen molar-refractivity contribution in [1.29, 1.82) is 0 Å². The van der Waals surface area contributed by atoms with Crippen LogP contribution in [0.15, 0.2) is 12.1 Å². The minimum absolute atomic E-state index is 0.735. The molecule has 3 rings (SSSR count). The van der Waals surface area contributed by atoms with Crippen molar-refractivity contribution in [3.63, 3.8) is 0 Å². The second-order valence-corrected chi connectivity index (χ2v) is 6.02. The van der Waals surface area contributed by atoms with Gasteiger partial charge in [-0.1, -0.05) is 0 Å². The number of carbonyl (C=O) groups excluding carboxylic acids is 1. The quantitative estimate of drug-likeness (QED) is 0.769. The van der Waals surface area contributed by atoms with Gasteiger partial charge in [-0.25, -0.2) is 0 Å². The largest absolute Gasteiger partial charge is 0.362 e. The number of nitrogens with zero attached hydrogens (tertiary/aromatic N) is 2. The van der Waals surface area contributed by atoms with Crippen molar-refractivity contribution in [1.82, 2.24) is 4.90 Å². The molecule has 0 spiro atoms. The highest BCUT2D eigenvalue weighted by molar-refractivity contribution is 7.17. The summed E-state index contributed by atoms with van der Waals surface area (Å²) in [5, 5.41) is 1.26. The lowest BCUT2D eigenvalue weighted by Gasteiger charge is -2.23. The number of thiophene rings is 1. The zero-order valence-corrected chi connectivity index (χ0v) is 10.8.